The second-order valence-electron chi connectivity index (χ2n) is 5.58. The molecule has 2 atom stereocenters. The molecule has 0 spiro atoms. The summed E-state index contributed by atoms with van der Waals surface area (Å²) >= 11 is 0. The zero-order valence-corrected chi connectivity index (χ0v) is 12.5. The maximum Gasteiger partial charge on any atom is 0.231 e. The highest BCUT2D eigenvalue weighted by molar-refractivity contribution is 5.45. The van der Waals surface area contributed by atoms with Gasteiger partial charge < -0.3 is 19.3 Å². The van der Waals surface area contributed by atoms with E-state index in [4.69, 9.17) is 14.2 Å². The molecule has 0 saturated carbocycles. The molecule has 5 heteroatoms. The number of benzene rings is 1. The molecular formula is C16H23NO4. The van der Waals surface area contributed by atoms with Crippen molar-refractivity contribution in [3.8, 4) is 11.5 Å². The largest absolute Gasteiger partial charge is 0.454 e. The van der Waals surface area contributed by atoms with Gasteiger partial charge in [0.05, 0.1) is 12.7 Å². The molecule has 5 nitrogen and oxygen atoms in total. The van der Waals surface area contributed by atoms with Gasteiger partial charge in [0.2, 0.25) is 6.79 Å². The van der Waals surface area contributed by atoms with Crippen LogP contribution in [0, 0.1) is 0 Å². The van der Waals surface area contributed by atoms with Crippen LogP contribution in [0.5, 0.6) is 11.5 Å². The van der Waals surface area contributed by atoms with Crippen molar-refractivity contribution in [3.05, 3.63) is 23.8 Å². The quantitative estimate of drug-likeness (QED) is 0.869. The third-order valence-corrected chi connectivity index (χ3v) is 4.10. The number of hydrogen-bond donors (Lipinski definition) is 1. The summed E-state index contributed by atoms with van der Waals surface area (Å²) < 4.78 is 16.1. The third kappa shape index (κ3) is 3.31. The molecule has 0 amide bonds. The second-order valence-corrected chi connectivity index (χ2v) is 5.58. The van der Waals surface area contributed by atoms with Crippen LogP contribution in [-0.4, -0.2) is 49.2 Å². The number of nitrogens with zero attached hydrogens (tertiary/aromatic N) is 1. The van der Waals surface area contributed by atoms with E-state index in [0.717, 1.165) is 30.9 Å². The minimum Gasteiger partial charge on any atom is -0.454 e. The first-order valence-electron chi connectivity index (χ1n) is 7.67. The van der Waals surface area contributed by atoms with Crippen LogP contribution in [-0.2, 0) is 4.74 Å². The highest BCUT2D eigenvalue weighted by atomic mass is 16.7. The summed E-state index contributed by atoms with van der Waals surface area (Å²) in [7, 11) is 0. The lowest BCUT2D eigenvalue weighted by Gasteiger charge is -2.27. The lowest BCUT2D eigenvalue weighted by molar-refractivity contribution is 0.0186. The van der Waals surface area contributed by atoms with Crippen molar-refractivity contribution in [2.75, 3.05) is 33.1 Å². The van der Waals surface area contributed by atoms with Crippen LogP contribution >= 0.6 is 0 Å². The Morgan fingerprint density at radius 1 is 1.38 bits per heavy atom. The van der Waals surface area contributed by atoms with Crippen molar-refractivity contribution < 1.29 is 19.3 Å². The third-order valence-electron chi connectivity index (χ3n) is 4.10. The zero-order valence-electron chi connectivity index (χ0n) is 12.5. The van der Waals surface area contributed by atoms with Gasteiger partial charge in [-0.25, -0.2) is 0 Å². The van der Waals surface area contributed by atoms with Crippen LogP contribution in [0.2, 0.25) is 0 Å². The molecule has 2 unspecified atom stereocenters. The van der Waals surface area contributed by atoms with Gasteiger partial charge in [0.15, 0.2) is 11.5 Å². The Labute approximate surface area is 125 Å². The van der Waals surface area contributed by atoms with Gasteiger partial charge in [0.1, 0.15) is 0 Å². The van der Waals surface area contributed by atoms with E-state index < -0.39 is 6.10 Å². The fraction of sp³-hybridized carbons (Fsp3) is 0.625. The van der Waals surface area contributed by atoms with Crippen LogP contribution in [0.15, 0.2) is 18.2 Å². The fourth-order valence-corrected chi connectivity index (χ4v) is 3.12. The number of hydrogen-bond acceptors (Lipinski definition) is 5. The maximum absolute atomic E-state index is 10.0. The number of β-amino-alcohol motifs (C(OH)–C–C–N with tert-alkyl or cyclic N) is 1. The summed E-state index contributed by atoms with van der Waals surface area (Å²) in [6.07, 6.45) is 1.83. The Kier molecular flexibility index (Phi) is 4.63. The van der Waals surface area contributed by atoms with Crippen LogP contribution in [0.1, 0.15) is 31.4 Å². The molecule has 3 rings (SSSR count). The van der Waals surface area contributed by atoms with Gasteiger partial charge in [-0.1, -0.05) is 6.07 Å². The topological polar surface area (TPSA) is 51.2 Å². The van der Waals surface area contributed by atoms with Gasteiger partial charge in [-0.3, -0.25) is 4.90 Å². The number of rotatable bonds is 6. The lowest BCUT2D eigenvalue weighted by atomic mass is 10.0. The molecule has 0 aliphatic carbocycles. The van der Waals surface area contributed by atoms with Gasteiger partial charge >= 0.3 is 0 Å². The Balaban J connectivity index is 1.66. The predicted octanol–water partition coefficient (Wildman–Crippen LogP) is 1.95. The fourth-order valence-electron chi connectivity index (χ4n) is 3.12. The molecule has 0 aromatic heterocycles. The van der Waals surface area contributed by atoms with Crippen molar-refractivity contribution in [2.24, 2.45) is 0 Å². The van der Waals surface area contributed by atoms with Crippen molar-refractivity contribution in [1.82, 2.24) is 4.90 Å². The molecule has 1 saturated heterocycles. The van der Waals surface area contributed by atoms with Gasteiger partial charge in [0, 0.05) is 19.2 Å². The Morgan fingerprint density at radius 3 is 3.10 bits per heavy atom. The minimum absolute atomic E-state index is 0.306. The molecule has 2 heterocycles. The summed E-state index contributed by atoms with van der Waals surface area (Å²) in [4.78, 5) is 2.33. The molecule has 0 radical (unpaired) electrons. The normalized spacial score (nSPS) is 22.7. The average Bonchev–Trinajstić information content (AvgIpc) is 3.12. The number of aliphatic hydroxyl groups is 1. The second kappa shape index (κ2) is 6.64. The van der Waals surface area contributed by atoms with Gasteiger partial charge in [-0.2, -0.15) is 0 Å². The van der Waals surface area contributed by atoms with E-state index in [2.05, 4.69) is 17.0 Å². The Hall–Kier alpha value is -1.30. The summed E-state index contributed by atoms with van der Waals surface area (Å²) in [6, 6.07) is 6.49. The average molecular weight is 293 g/mol. The first kappa shape index (κ1) is 14.6. The Morgan fingerprint density at radius 2 is 2.24 bits per heavy atom. The van der Waals surface area contributed by atoms with Gasteiger partial charge in [-0.05, 0) is 44.0 Å². The molecule has 2 aliphatic rings. The van der Waals surface area contributed by atoms with Crippen molar-refractivity contribution in [3.63, 3.8) is 0 Å². The Bertz CT molecular complexity index is 479. The monoisotopic (exact) mass is 293 g/mol. The molecule has 1 aromatic rings. The van der Waals surface area contributed by atoms with Crippen LogP contribution in [0.3, 0.4) is 0 Å². The smallest absolute Gasteiger partial charge is 0.231 e. The molecule has 0 bridgehead atoms. The van der Waals surface area contributed by atoms with Crippen molar-refractivity contribution in [2.45, 2.75) is 31.9 Å². The minimum atomic E-state index is -0.431. The SMILES string of the molecule is CCOCC(O)CN1CCCC1c1ccc2c(c1)OCO2. The maximum atomic E-state index is 10.0. The lowest BCUT2D eigenvalue weighted by Crippen LogP contribution is -2.34. The first-order chi connectivity index (χ1) is 10.3. The zero-order chi connectivity index (χ0) is 14.7. The number of fused-ring (bicyclic) bond motifs is 1. The van der Waals surface area contributed by atoms with Crippen molar-refractivity contribution in [1.29, 1.82) is 0 Å². The molecule has 1 fully saturated rings. The molecule has 116 valence electrons. The van der Waals surface area contributed by atoms with Gasteiger partial charge in [0.25, 0.3) is 0 Å². The summed E-state index contributed by atoms with van der Waals surface area (Å²) in [5.74, 6) is 1.65. The summed E-state index contributed by atoms with van der Waals surface area (Å²) in [6.45, 7) is 4.96. The summed E-state index contributed by atoms with van der Waals surface area (Å²) in [5, 5.41) is 10.0. The number of aliphatic hydroxyl groups excluding tert-OH is 1. The highest BCUT2D eigenvalue weighted by Crippen LogP contribution is 2.38. The van der Waals surface area contributed by atoms with E-state index in [1.807, 2.05) is 13.0 Å². The molecular weight excluding hydrogens is 270 g/mol. The van der Waals surface area contributed by atoms with E-state index in [9.17, 15) is 5.11 Å². The van der Waals surface area contributed by atoms with E-state index in [0.29, 0.717) is 32.6 Å². The van der Waals surface area contributed by atoms with Crippen LogP contribution in [0.25, 0.3) is 0 Å². The molecule has 21 heavy (non-hydrogen) atoms. The molecule has 1 aromatic carbocycles. The van der Waals surface area contributed by atoms with Gasteiger partial charge in [-0.15, -0.1) is 0 Å². The van der Waals surface area contributed by atoms with Crippen molar-refractivity contribution >= 4 is 0 Å². The van der Waals surface area contributed by atoms with E-state index in [1.165, 1.54) is 5.56 Å². The summed E-state index contributed by atoms with van der Waals surface area (Å²) in [5.41, 5.74) is 1.24. The molecule has 2 aliphatic heterocycles. The predicted molar refractivity (Wildman–Crippen MR) is 78.6 cm³/mol. The standard InChI is InChI=1S/C16H23NO4/c1-2-19-10-13(18)9-17-7-3-4-14(17)12-5-6-15-16(8-12)21-11-20-15/h5-6,8,13-14,18H,2-4,7,9-11H2,1H3. The number of ether oxygens (including phenoxy) is 3. The first-order valence-corrected chi connectivity index (χ1v) is 7.67. The van der Waals surface area contributed by atoms with E-state index in [1.54, 1.807) is 0 Å². The van der Waals surface area contributed by atoms with Crippen LogP contribution < -0.4 is 9.47 Å². The van der Waals surface area contributed by atoms with E-state index >= 15 is 0 Å². The molecule has 1 N–H and O–H groups in total. The highest BCUT2D eigenvalue weighted by Gasteiger charge is 2.28. The number of likely N-dealkylation sites (tertiary alicyclic amines) is 1. The van der Waals surface area contributed by atoms with E-state index in [-0.39, 0.29) is 0 Å². The van der Waals surface area contributed by atoms with Crippen LogP contribution in [0.4, 0.5) is 0 Å².